The highest BCUT2D eigenvalue weighted by atomic mass is 15.3. The van der Waals surface area contributed by atoms with E-state index >= 15 is 0 Å². The summed E-state index contributed by atoms with van der Waals surface area (Å²) in [6.45, 7) is 0.847. The Bertz CT molecular complexity index is 516. The lowest BCUT2D eigenvalue weighted by Crippen LogP contribution is -2.19. The molecule has 2 aromatic rings. The van der Waals surface area contributed by atoms with Gasteiger partial charge in [-0.05, 0) is 30.0 Å². The Balaban J connectivity index is 1.68. The molecular formula is C14H17N3. The van der Waals surface area contributed by atoms with Gasteiger partial charge in [-0.1, -0.05) is 24.3 Å². The molecule has 0 amide bonds. The van der Waals surface area contributed by atoms with Crippen molar-refractivity contribution in [2.24, 2.45) is 7.05 Å². The summed E-state index contributed by atoms with van der Waals surface area (Å²) >= 11 is 0. The molecule has 1 heterocycles. The molecule has 3 nitrogen and oxygen atoms in total. The van der Waals surface area contributed by atoms with Gasteiger partial charge >= 0.3 is 0 Å². The van der Waals surface area contributed by atoms with Gasteiger partial charge in [-0.3, -0.25) is 4.68 Å². The molecule has 0 bridgehead atoms. The molecule has 1 aromatic carbocycles. The number of benzene rings is 1. The summed E-state index contributed by atoms with van der Waals surface area (Å²) in [5, 5.41) is 7.97. The van der Waals surface area contributed by atoms with E-state index in [1.165, 1.54) is 24.0 Å². The SMILES string of the molecule is Cn1ccc(CNC2CCc3ccccc32)n1. The van der Waals surface area contributed by atoms with Crippen LogP contribution in [0, 0.1) is 0 Å². The molecule has 0 saturated carbocycles. The average Bonchev–Trinajstić information content (AvgIpc) is 2.93. The fourth-order valence-electron chi connectivity index (χ4n) is 2.55. The van der Waals surface area contributed by atoms with Crippen LogP contribution in [-0.2, 0) is 20.0 Å². The van der Waals surface area contributed by atoms with Crippen LogP contribution in [0.3, 0.4) is 0 Å². The molecule has 1 atom stereocenters. The number of aryl methyl sites for hydroxylation is 2. The molecule has 1 N–H and O–H groups in total. The standard InChI is InChI=1S/C14H17N3/c1-17-9-8-12(16-17)10-15-14-7-6-11-4-2-3-5-13(11)14/h2-5,8-9,14-15H,6-7,10H2,1H3. The second-order valence-electron chi connectivity index (χ2n) is 4.65. The van der Waals surface area contributed by atoms with Crippen LogP contribution in [0.4, 0.5) is 0 Å². The first kappa shape index (κ1) is 10.5. The van der Waals surface area contributed by atoms with E-state index in [0.717, 1.165) is 12.2 Å². The van der Waals surface area contributed by atoms with Gasteiger partial charge in [0, 0.05) is 25.8 Å². The zero-order valence-corrected chi connectivity index (χ0v) is 10.1. The maximum absolute atomic E-state index is 4.38. The van der Waals surface area contributed by atoms with Crippen molar-refractivity contribution in [2.75, 3.05) is 0 Å². The third kappa shape index (κ3) is 2.11. The van der Waals surface area contributed by atoms with Crippen LogP contribution < -0.4 is 5.32 Å². The van der Waals surface area contributed by atoms with Gasteiger partial charge in [0.1, 0.15) is 0 Å². The Morgan fingerprint density at radius 1 is 1.35 bits per heavy atom. The molecule has 0 fully saturated rings. The first-order valence-electron chi connectivity index (χ1n) is 6.12. The normalized spacial score (nSPS) is 18.3. The zero-order chi connectivity index (χ0) is 11.7. The highest BCUT2D eigenvalue weighted by molar-refractivity contribution is 5.34. The predicted molar refractivity (Wildman–Crippen MR) is 67.6 cm³/mol. The number of fused-ring (bicyclic) bond motifs is 1. The van der Waals surface area contributed by atoms with E-state index in [9.17, 15) is 0 Å². The molecule has 88 valence electrons. The lowest BCUT2D eigenvalue weighted by molar-refractivity contribution is 0.522. The van der Waals surface area contributed by atoms with Crippen LogP contribution in [0.5, 0.6) is 0 Å². The van der Waals surface area contributed by atoms with Crippen molar-refractivity contribution in [2.45, 2.75) is 25.4 Å². The van der Waals surface area contributed by atoms with Crippen LogP contribution in [0.1, 0.15) is 29.3 Å². The van der Waals surface area contributed by atoms with Gasteiger partial charge in [0.05, 0.1) is 5.69 Å². The number of hydrogen-bond acceptors (Lipinski definition) is 2. The molecule has 3 heteroatoms. The molecule has 3 rings (SSSR count). The average molecular weight is 227 g/mol. The van der Waals surface area contributed by atoms with Gasteiger partial charge in [-0.25, -0.2) is 0 Å². The molecular weight excluding hydrogens is 210 g/mol. The van der Waals surface area contributed by atoms with Crippen LogP contribution in [0.15, 0.2) is 36.5 Å². The highest BCUT2D eigenvalue weighted by Crippen LogP contribution is 2.30. The Morgan fingerprint density at radius 2 is 2.24 bits per heavy atom. The second-order valence-corrected chi connectivity index (χ2v) is 4.65. The van der Waals surface area contributed by atoms with Gasteiger partial charge < -0.3 is 5.32 Å². The first-order valence-corrected chi connectivity index (χ1v) is 6.12. The maximum atomic E-state index is 4.38. The van der Waals surface area contributed by atoms with Crippen molar-refractivity contribution in [1.82, 2.24) is 15.1 Å². The van der Waals surface area contributed by atoms with E-state index in [0.29, 0.717) is 6.04 Å². The van der Waals surface area contributed by atoms with Crippen molar-refractivity contribution in [3.05, 3.63) is 53.3 Å². The van der Waals surface area contributed by atoms with E-state index < -0.39 is 0 Å². The van der Waals surface area contributed by atoms with Crippen molar-refractivity contribution < 1.29 is 0 Å². The summed E-state index contributed by atoms with van der Waals surface area (Å²) < 4.78 is 1.85. The van der Waals surface area contributed by atoms with Gasteiger partial charge in [-0.15, -0.1) is 0 Å². The summed E-state index contributed by atoms with van der Waals surface area (Å²) in [7, 11) is 1.95. The van der Waals surface area contributed by atoms with Crippen molar-refractivity contribution in [3.63, 3.8) is 0 Å². The van der Waals surface area contributed by atoms with E-state index in [4.69, 9.17) is 0 Å². The van der Waals surface area contributed by atoms with Gasteiger partial charge in [-0.2, -0.15) is 5.10 Å². The minimum absolute atomic E-state index is 0.494. The fourth-order valence-corrected chi connectivity index (χ4v) is 2.55. The Morgan fingerprint density at radius 3 is 3.06 bits per heavy atom. The summed E-state index contributed by atoms with van der Waals surface area (Å²) in [5.41, 5.74) is 4.06. The smallest absolute Gasteiger partial charge is 0.0762 e. The van der Waals surface area contributed by atoms with Crippen LogP contribution in [0.25, 0.3) is 0 Å². The predicted octanol–water partition coefficient (Wildman–Crippen LogP) is 2.20. The largest absolute Gasteiger partial charge is 0.304 e. The van der Waals surface area contributed by atoms with Gasteiger partial charge in [0.15, 0.2) is 0 Å². The first-order chi connectivity index (χ1) is 8.33. The number of rotatable bonds is 3. The Labute approximate surface area is 101 Å². The minimum atomic E-state index is 0.494. The quantitative estimate of drug-likeness (QED) is 0.871. The number of nitrogens with zero attached hydrogens (tertiary/aromatic N) is 2. The molecule has 0 spiro atoms. The van der Waals surface area contributed by atoms with E-state index in [1.54, 1.807) is 0 Å². The van der Waals surface area contributed by atoms with Crippen molar-refractivity contribution in [1.29, 1.82) is 0 Å². The topological polar surface area (TPSA) is 29.9 Å². The summed E-state index contributed by atoms with van der Waals surface area (Å²) in [6.07, 6.45) is 4.38. The lowest BCUT2D eigenvalue weighted by atomic mass is 10.1. The summed E-state index contributed by atoms with van der Waals surface area (Å²) in [5.74, 6) is 0. The molecule has 1 aliphatic rings. The molecule has 1 aliphatic carbocycles. The van der Waals surface area contributed by atoms with Crippen LogP contribution >= 0.6 is 0 Å². The fraction of sp³-hybridized carbons (Fsp3) is 0.357. The highest BCUT2D eigenvalue weighted by Gasteiger charge is 2.21. The number of nitrogens with one attached hydrogen (secondary N) is 1. The molecule has 0 radical (unpaired) electrons. The second kappa shape index (κ2) is 4.34. The molecule has 17 heavy (non-hydrogen) atoms. The summed E-state index contributed by atoms with van der Waals surface area (Å²) in [4.78, 5) is 0. The Hall–Kier alpha value is -1.61. The monoisotopic (exact) mass is 227 g/mol. The molecule has 0 aliphatic heterocycles. The Kier molecular flexibility index (Phi) is 2.69. The molecule has 0 saturated heterocycles. The minimum Gasteiger partial charge on any atom is -0.304 e. The lowest BCUT2D eigenvalue weighted by Gasteiger charge is -2.12. The summed E-state index contributed by atoms with van der Waals surface area (Å²) in [6, 6.07) is 11.3. The van der Waals surface area contributed by atoms with E-state index in [-0.39, 0.29) is 0 Å². The van der Waals surface area contributed by atoms with Gasteiger partial charge in [0.2, 0.25) is 0 Å². The number of aromatic nitrogens is 2. The third-order valence-corrected chi connectivity index (χ3v) is 3.43. The maximum Gasteiger partial charge on any atom is 0.0762 e. The molecule has 1 unspecified atom stereocenters. The van der Waals surface area contributed by atoms with Crippen molar-refractivity contribution in [3.8, 4) is 0 Å². The van der Waals surface area contributed by atoms with Crippen LogP contribution in [-0.4, -0.2) is 9.78 Å². The molecule has 1 aromatic heterocycles. The third-order valence-electron chi connectivity index (χ3n) is 3.43. The number of hydrogen-bond donors (Lipinski definition) is 1. The van der Waals surface area contributed by atoms with Crippen molar-refractivity contribution >= 4 is 0 Å². The van der Waals surface area contributed by atoms with E-state index in [2.05, 4.69) is 40.7 Å². The van der Waals surface area contributed by atoms with Gasteiger partial charge in [0.25, 0.3) is 0 Å². The van der Waals surface area contributed by atoms with Crippen LogP contribution in [0.2, 0.25) is 0 Å². The zero-order valence-electron chi connectivity index (χ0n) is 10.1. The van der Waals surface area contributed by atoms with E-state index in [1.807, 2.05) is 17.9 Å².